The molecule has 3 aromatic rings. The Morgan fingerprint density at radius 1 is 0.656 bits per heavy atom. The van der Waals surface area contributed by atoms with Gasteiger partial charge in [0.15, 0.2) is 33.9 Å². The SMILES string of the molecule is CCC[C@@]12O[C@H]3c4c(O)c5c(=O)c6oc7c(c(OC)c(OC)c8cc9c(c(=O)c87)=C(O)[C@]7(O)[C@H](C9)[C@H](O)[C@@H](O)[C@H](O)[C@@]7(O)CCC)c6c(=O)c=5c(=O)c4=C(O)[C@]1(O)[C@@H]3[C@H](O)[C@@H](O)[C@@H]2O. The number of hydrogen-bond donors (Lipinski definition) is 12. The third-order valence-corrected chi connectivity index (χ3v) is 15.2. The molecule has 0 spiro atoms. The number of aliphatic hydroxyl groups excluding tert-OH is 8. The van der Waals surface area contributed by atoms with E-state index in [0.717, 1.165) is 7.11 Å². The van der Waals surface area contributed by atoms with Crippen molar-refractivity contribution in [2.24, 2.45) is 11.8 Å². The summed E-state index contributed by atoms with van der Waals surface area (Å²) in [5.74, 6) is -7.31. The summed E-state index contributed by atoms with van der Waals surface area (Å²) in [7, 11) is 2.32. The highest BCUT2D eigenvalue weighted by Gasteiger charge is 2.78. The van der Waals surface area contributed by atoms with Gasteiger partial charge in [0.1, 0.15) is 52.9 Å². The van der Waals surface area contributed by atoms with E-state index >= 15 is 0 Å². The lowest BCUT2D eigenvalue weighted by atomic mass is 9.56. The number of furan rings is 1. The molecular weight excluding hydrogens is 848 g/mol. The molecule has 2 aromatic carbocycles. The molecule has 2 heterocycles. The van der Waals surface area contributed by atoms with Crippen molar-refractivity contribution in [3.8, 4) is 17.2 Å². The van der Waals surface area contributed by atoms with E-state index in [-0.39, 0.29) is 41.7 Å². The molecule has 10 rings (SSSR count). The molecule has 6 aliphatic carbocycles. The van der Waals surface area contributed by atoms with Crippen molar-refractivity contribution in [1.82, 2.24) is 0 Å². The Labute approximate surface area is 356 Å². The molecule has 4 bridgehead atoms. The van der Waals surface area contributed by atoms with Crippen LogP contribution in [0.1, 0.15) is 56.8 Å². The van der Waals surface area contributed by atoms with Gasteiger partial charge in [0.25, 0.3) is 0 Å². The average molecular weight is 893 g/mol. The fraction of sp³-hybridized carbons (Fsp3) is 0.500. The molecule has 20 heteroatoms. The highest BCUT2D eigenvalue weighted by molar-refractivity contribution is 6.20. The molecule has 1 saturated heterocycles. The molecule has 2 saturated carbocycles. The summed E-state index contributed by atoms with van der Waals surface area (Å²) in [6.45, 7) is 3.21. The van der Waals surface area contributed by atoms with Crippen LogP contribution in [-0.2, 0) is 11.2 Å². The van der Waals surface area contributed by atoms with Crippen molar-refractivity contribution < 1.29 is 79.9 Å². The maximum Gasteiger partial charge on any atom is 0.233 e. The van der Waals surface area contributed by atoms with Crippen LogP contribution < -0.4 is 41.6 Å². The number of benzene rings is 2. The molecule has 64 heavy (non-hydrogen) atoms. The fourth-order valence-electron chi connectivity index (χ4n) is 12.4. The number of methoxy groups -OCH3 is 2. The summed E-state index contributed by atoms with van der Waals surface area (Å²) in [6.07, 6.45) is -14.7. The Balaban J connectivity index is 1.35. The first-order chi connectivity index (χ1) is 30.1. The Morgan fingerprint density at radius 2 is 1.27 bits per heavy atom. The molecule has 0 unspecified atom stereocenters. The lowest BCUT2D eigenvalue weighted by Gasteiger charge is -2.57. The second-order valence-electron chi connectivity index (χ2n) is 17.9. The number of ether oxygens (including phenoxy) is 3. The lowest BCUT2D eigenvalue weighted by Crippen LogP contribution is -2.77. The normalized spacial score (nSPS) is 36.5. The largest absolute Gasteiger partial charge is 0.508 e. The van der Waals surface area contributed by atoms with Crippen LogP contribution in [-0.4, -0.2) is 135 Å². The van der Waals surface area contributed by atoms with Crippen LogP contribution in [0.4, 0.5) is 0 Å². The van der Waals surface area contributed by atoms with Gasteiger partial charge in [-0.1, -0.05) is 26.7 Å². The first kappa shape index (κ1) is 42.7. The Kier molecular flexibility index (Phi) is 8.79. The van der Waals surface area contributed by atoms with Crippen molar-refractivity contribution >= 4 is 44.2 Å². The van der Waals surface area contributed by atoms with Crippen molar-refractivity contribution in [2.75, 3.05) is 14.2 Å². The molecule has 20 nitrogen and oxygen atoms in total. The third kappa shape index (κ3) is 4.33. The van der Waals surface area contributed by atoms with Crippen molar-refractivity contribution in [1.29, 1.82) is 0 Å². The quantitative estimate of drug-likeness (QED) is 0.0785. The summed E-state index contributed by atoms with van der Waals surface area (Å²) >= 11 is 0. The molecule has 1 aliphatic heterocycles. The topological polar surface area (TPSA) is 352 Å². The van der Waals surface area contributed by atoms with E-state index in [1.165, 1.54) is 13.2 Å². The zero-order chi connectivity index (χ0) is 46.4. The predicted molar refractivity (Wildman–Crippen MR) is 218 cm³/mol. The van der Waals surface area contributed by atoms with Crippen LogP contribution in [0.3, 0.4) is 0 Å². The van der Waals surface area contributed by atoms with E-state index in [1.807, 2.05) is 0 Å². The Morgan fingerprint density at radius 3 is 1.89 bits per heavy atom. The summed E-state index contributed by atoms with van der Waals surface area (Å²) in [5.41, 5.74) is -17.8. The first-order valence-corrected chi connectivity index (χ1v) is 20.8. The Hall–Kier alpha value is -5.26. The molecule has 1 aromatic heterocycles. The lowest BCUT2D eigenvalue weighted by molar-refractivity contribution is -0.286. The predicted octanol–water partition coefficient (Wildman–Crippen LogP) is -3.57. The smallest absolute Gasteiger partial charge is 0.233 e. The zero-order valence-corrected chi connectivity index (χ0v) is 34.4. The zero-order valence-electron chi connectivity index (χ0n) is 34.4. The van der Waals surface area contributed by atoms with Gasteiger partial charge in [-0.25, -0.2) is 0 Å². The van der Waals surface area contributed by atoms with E-state index in [2.05, 4.69) is 0 Å². The average Bonchev–Trinajstić information content (AvgIpc) is 3.73. The highest BCUT2D eigenvalue weighted by atomic mass is 16.6. The van der Waals surface area contributed by atoms with Crippen LogP contribution >= 0.6 is 0 Å². The summed E-state index contributed by atoms with van der Waals surface area (Å²) < 4.78 is 23.7. The number of aliphatic hydroxyl groups is 11. The van der Waals surface area contributed by atoms with Gasteiger partial charge in [-0.05, 0) is 30.9 Å². The summed E-state index contributed by atoms with van der Waals surface area (Å²) in [4.78, 5) is 59.2. The minimum Gasteiger partial charge on any atom is -0.508 e. The summed E-state index contributed by atoms with van der Waals surface area (Å²) in [5, 5.41) is 133. The number of rotatable bonds is 6. The molecule has 13 atom stereocenters. The van der Waals surface area contributed by atoms with E-state index in [4.69, 9.17) is 18.6 Å². The second kappa shape index (κ2) is 13.2. The van der Waals surface area contributed by atoms with Crippen molar-refractivity contribution in [2.45, 2.75) is 111 Å². The van der Waals surface area contributed by atoms with Gasteiger partial charge in [-0.3, -0.25) is 19.2 Å². The van der Waals surface area contributed by atoms with Crippen molar-refractivity contribution in [3.63, 3.8) is 0 Å². The molecule has 7 aliphatic rings. The van der Waals surface area contributed by atoms with Crippen LogP contribution in [0.5, 0.6) is 17.2 Å². The van der Waals surface area contributed by atoms with Gasteiger partial charge in [-0.15, -0.1) is 0 Å². The van der Waals surface area contributed by atoms with Crippen LogP contribution in [0.15, 0.2) is 29.7 Å². The standard InChI is InChI=1S/C44H44O20/c1-5-7-41(58)39(56)30(52)23(45)13-10-11-9-12-15(24(46)14(11)37(54)43(13,41)59)33-21(36(62-4)32(12)61-3)19-25(47)16-17(28(50)35(19)63-33)26(48)18-20(27(16)49)38(55)44(60)22-29(51)31(53)40(57)42(44,8-6-2)64-34(18)22/h9,13,22-23,29-31,34,39-40,45,48,51-60H,5-8,10H2,1-4H3/t13-,22-,23+,29+,30-,31-,34+,39+,40+,41+,42+,43-,44-/m1/s1. The minimum absolute atomic E-state index is 0.0298. The molecule has 12 N–H and O–H groups in total. The van der Waals surface area contributed by atoms with E-state index in [0.29, 0.717) is 0 Å². The van der Waals surface area contributed by atoms with Gasteiger partial charge in [0.2, 0.25) is 21.7 Å². The number of hydrogen-bond acceptors (Lipinski definition) is 20. The first-order valence-electron chi connectivity index (χ1n) is 20.8. The molecular formula is C44H44O20. The van der Waals surface area contributed by atoms with E-state index < -0.39 is 183 Å². The van der Waals surface area contributed by atoms with Gasteiger partial charge < -0.3 is 79.9 Å². The third-order valence-electron chi connectivity index (χ3n) is 15.2. The van der Waals surface area contributed by atoms with E-state index in [9.17, 15) is 80.5 Å². The number of aromatic hydroxyl groups is 1. The van der Waals surface area contributed by atoms with Crippen molar-refractivity contribution in [3.05, 3.63) is 79.0 Å². The Bertz CT molecular complexity index is 3360. The summed E-state index contributed by atoms with van der Waals surface area (Å²) in [6, 6.07) is 1.31. The highest BCUT2D eigenvalue weighted by Crippen LogP contribution is 2.64. The fourth-order valence-corrected chi connectivity index (χ4v) is 12.4. The second-order valence-corrected chi connectivity index (χ2v) is 17.9. The van der Waals surface area contributed by atoms with E-state index in [1.54, 1.807) is 13.8 Å². The van der Waals surface area contributed by atoms with Crippen LogP contribution in [0.25, 0.3) is 44.2 Å². The maximum absolute atomic E-state index is 14.9. The van der Waals surface area contributed by atoms with Gasteiger partial charge in [0.05, 0.1) is 75.5 Å². The monoisotopic (exact) mass is 892 g/mol. The number of fused-ring (bicyclic) bond motifs is 9. The van der Waals surface area contributed by atoms with Gasteiger partial charge >= 0.3 is 0 Å². The minimum atomic E-state index is -2.92. The van der Waals surface area contributed by atoms with Crippen LogP contribution in [0.2, 0.25) is 0 Å². The maximum atomic E-state index is 14.9. The molecule has 3 fully saturated rings. The molecule has 340 valence electrons. The molecule has 0 radical (unpaired) electrons. The van der Waals surface area contributed by atoms with Gasteiger partial charge in [0, 0.05) is 16.9 Å². The van der Waals surface area contributed by atoms with Crippen LogP contribution in [0, 0.1) is 22.3 Å². The van der Waals surface area contributed by atoms with Gasteiger partial charge in [-0.2, -0.15) is 0 Å². The molecule has 0 amide bonds.